The van der Waals surface area contributed by atoms with Gasteiger partial charge in [0.1, 0.15) is 11.9 Å². The van der Waals surface area contributed by atoms with Crippen LogP contribution < -0.4 is 0 Å². The van der Waals surface area contributed by atoms with Gasteiger partial charge in [-0.2, -0.15) is 5.10 Å². The van der Waals surface area contributed by atoms with Gasteiger partial charge in [0.05, 0.1) is 6.20 Å². The molecule has 2 aromatic heterocycles. The molecule has 0 aliphatic heterocycles. The third kappa shape index (κ3) is 1.73. The third-order valence-corrected chi connectivity index (χ3v) is 2.33. The SMILES string of the molecule is Cn1cc(C(O)c2ccc(Br)o2)cn1. The minimum absolute atomic E-state index is 0.505. The maximum atomic E-state index is 9.85. The van der Waals surface area contributed by atoms with Crippen molar-refractivity contribution in [2.24, 2.45) is 7.05 Å². The summed E-state index contributed by atoms with van der Waals surface area (Å²) in [5, 5.41) is 13.8. The lowest BCUT2D eigenvalue weighted by molar-refractivity contribution is 0.187. The normalized spacial score (nSPS) is 13.1. The van der Waals surface area contributed by atoms with Gasteiger partial charge in [-0.1, -0.05) is 0 Å². The van der Waals surface area contributed by atoms with Crippen molar-refractivity contribution in [3.8, 4) is 0 Å². The number of hydrogen-bond acceptors (Lipinski definition) is 3. The first kappa shape index (κ1) is 9.48. The number of halogens is 1. The van der Waals surface area contributed by atoms with E-state index in [0.29, 0.717) is 16.0 Å². The summed E-state index contributed by atoms with van der Waals surface area (Å²) in [6, 6.07) is 3.47. The van der Waals surface area contributed by atoms with Gasteiger partial charge in [-0.05, 0) is 28.1 Å². The van der Waals surface area contributed by atoms with Crippen LogP contribution in [-0.4, -0.2) is 14.9 Å². The Labute approximate surface area is 89.3 Å². The molecule has 2 aromatic rings. The van der Waals surface area contributed by atoms with E-state index >= 15 is 0 Å². The van der Waals surface area contributed by atoms with Crippen molar-refractivity contribution in [2.45, 2.75) is 6.10 Å². The lowest BCUT2D eigenvalue weighted by Crippen LogP contribution is -1.96. The second kappa shape index (κ2) is 3.59. The Morgan fingerprint density at radius 3 is 2.86 bits per heavy atom. The van der Waals surface area contributed by atoms with Crippen LogP contribution in [0.15, 0.2) is 33.6 Å². The van der Waals surface area contributed by atoms with E-state index in [-0.39, 0.29) is 0 Å². The number of hydrogen-bond donors (Lipinski definition) is 1. The fourth-order valence-corrected chi connectivity index (χ4v) is 1.54. The quantitative estimate of drug-likeness (QED) is 0.893. The average Bonchev–Trinajstić information content (AvgIpc) is 2.73. The molecule has 0 saturated heterocycles. The minimum Gasteiger partial charge on any atom is -0.451 e. The van der Waals surface area contributed by atoms with Crippen molar-refractivity contribution < 1.29 is 9.52 Å². The zero-order valence-corrected chi connectivity index (χ0v) is 9.10. The summed E-state index contributed by atoms with van der Waals surface area (Å²) >= 11 is 3.18. The van der Waals surface area contributed by atoms with Crippen LogP contribution in [0.3, 0.4) is 0 Å². The van der Waals surface area contributed by atoms with Gasteiger partial charge in [0.15, 0.2) is 4.67 Å². The van der Waals surface area contributed by atoms with Crippen molar-refractivity contribution in [2.75, 3.05) is 0 Å². The van der Waals surface area contributed by atoms with Crippen LogP contribution in [0.2, 0.25) is 0 Å². The highest BCUT2D eigenvalue weighted by Crippen LogP contribution is 2.25. The number of aliphatic hydroxyl groups excluding tert-OH is 1. The zero-order valence-electron chi connectivity index (χ0n) is 7.51. The van der Waals surface area contributed by atoms with Crippen LogP contribution in [0.25, 0.3) is 0 Å². The van der Waals surface area contributed by atoms with Crippen LogP contribution in [0.1, 0.15) is 17.4 Å². The van der Waals surface area contributed by atoms with E-state index in [2.05, 4.69) is 21.0 Å². The minimum atomic E-state index is -0.755. The summed E-state index contributed by atoms with van der Waals surface area (Å²) in [5.41, 5.74) is 0.717. The predicted octanol–water partition coefficient (Wildman–Crippen LogP) is 1.86. The van der Waals surface area contributed by atoms with Gasteiger partial charge in [-0.3, -0.25) is 4.68 Å². The largest absolute Gasteiger partial charge is 0.451 e. The van der Waals surface area contributed by atoms with Gasteiger partial charge in [-0.25, -0.2) is 0 Å². The molecule has 14 heavy (non-hydrogen) atoms. The molecule has 1 N–H and O–H groups in total. The fourth-order valence-electron chi connectivity index (χ4n) is 1.22. The van der Waals surface area contributed by atoms with E-state index in [0.717, 1.165) is 0 Å². The van der Waals surface area contributed by atoms with Crippen LogP contribution in [0.5, 0.6) is 0 Å². The molecule has 1 atom stereocenters. The van der Waals surface area contributed by atoms with Crippen molar-refractivity contribution in [1.29, 1.82) is 0 Å². The van der Waals surface area contributed by atoms with E-state index in [1.165, 1.54) is 0 Å². The van der Waals surface area contributed by atoms with Gasteiger partial charge < -0.3 is 9.52 Å². The van der Waals surface area contributed by atoms with E-state index < -0.39 is 6.10 Å². The first-order valence-electron chi connectivity index (χ1n) is 4.08. The highest BCUT2D eigenvalue weighted by atomic mass is 79.9. The standard InChI is InChI=1S/C9H9BrN2O2/c1-12-5-6(4-11-12)9(13)7-2-3-8(10)14-7/h2-5,9,13H,1H3. The molecule has 0 saturated carbocycles. The maximum Gasteiger partial charge on any atom is 0.169 e. The van der Waals surface area contributed by atoms with Gasteiger partial charge in [0, 0.05) is 18.8 Å². The lowest BCUT2D eigenvalue weighted by Gasteiger charge is -2.03. The molecule has 0 fully saturated rings. The number of aliphatic hydroxyl groups is 1. The van der Waals surface area contributed by atoms with Crippen LogP contribution >= 0.6 is 15.9 Å². The van der Waals surface area contributed by atoms with Gasteiger partial charge in [0.2, 0.25) is 0 Å². The van der Waals surface area contributed by atoms with Gasteiger partial charge >= 0.3 is 0 Å². The molecule has 2 rings (SSSR count). The van der Waals surface area contributed by atoms with Crippen molar-refractivity contribution in [3.05, 3.63) is 40.5 Å². The summed E-state index contributed by atoms with van der Waals surface area (Å²) in [4.78, 5) is 0. The summed E-state index contributed by atoms with van der Waals surface area (Å²) in [6.45, 7) is 0. The number of aromatic nitrogens is 2. The first-order valence-corrected chi connectivity index (χ1v) is 4.88. The zero-order chi connectivity index (χ0) is 10.1. The van der Waals surface area contributed by atoms with E-state index in [4.69, 9.17) is 4.42 Å². The third-order valence-electron chi connectivity index (χ3n) is 1.90. The molecular weight excluding hydrogens is 248 g/mol. The predicted molar refractivity (Wildman–Crippen MR) is 53.7 cm³/mol. The molecule has 0 amide bonds. The first-order chi connectivity index (χ1) is 6.66. The molecule has 2 heterocycles. The molecule has 74 valence electrons. The van der Waals surface area contributed by atoms with Crippen LogP contribution in [-0.2, 0) is 7.05 Å². The molecule has 4 nitrogen and oxygen atoms in total. The molecule has 0 aromatic carbocycles. The van der Waals surface area contributed by atoms with Crippen LogP contribution in [0, 0.1) is 0 Å². The Kier molecular flexibility index (Phi) is 2.43. The number of furan rings is 1. The summed E-state index contributed by atoms with van der Waals surface area (Å²) in [5.74, 6) is 0.505. The van der Waals surface area contributed by atoms with Crippen molar-refractivity contribution in [1.82, 2.24) is 9.78 Å². The number of nitrogens with zero attached hydrogens (tertiary/aromatic N) is 2. The summed E-state index contributed by atoms with van der Waals surface area (Å²) in [7, 11) is 1.80. The van der Waals surface area contributed by atoms with Crippen LogP contribution in [0.4, 0.5) is 0 Å². The molecule has 0 radical (unpaired) electrons. The Balaban J connectivity index is 2.28. The Morgan fingerprint density at radius 1 is 1.57 bits per heavy atom. The number of aryl methyl sites for hydroxylation is 1. The summed E-state index contributed by atoms with van der Waals surface area (Å²) in [6.07, 6.45) is 2.61. The van der Waals surface area contributed by atoms with Crippen molar-refractivity contribution >= 4 is 15.9 Å². The number of rotatable bonds is 2. The highest BCUT2D eigenvalue weighted by molar-refractivity contribution is 9.10. The Hall–Kier alpha value is -1.07. The van der Waals surface area contributed by atoms with Crippen molar-refractivity contribution in [3.63, 3.8) is 0 Å². The second-order valence-electron chi connectivity index (χ2n) is 2.99. The fraction of sp³-hybridized carbons (Fsp3) is 0.222. The maximum absolute atomic E-state index is 9.85. The van der Waals surface area contributed by atoms with E-state index in [1.807, 2.05) is 0 Å². The molecule has 0 spiro atoms. The Bertz CT molecular complexity index is 395. The molecule has 0 aliphatic rings. The van der Waals surface area contributed by atoms with E-state index in [1.54, 1.807) is 36.3 Å². The molecule has 1 unspecified atom stereocenters. The lowest BCUT2D eigenvalue weighted by atomic mass is 10.1. The Morgan fingerprint density at radius 2 is 2.36 bits per heavy atom. The van der Waals surface area contributed by atoms with Gasteiger partial charge in [0.25, 0.3) is 0 Å². The molecular formula is C9H9BrN2O2. The average molecular weight is 257 g/mol. The van der Waals surface area contributed by atoms with E-state index in [9.17, 15) is 5.11 Å². The monoisotopic (exact) mass is 256 g/mol. The highest BCUT2D eigenvalue weighted by Gasteiger charge is 2.15. The smallest absolute Gasteiger partial charge is 0.169 e. The van der Waals surface area contributed by atoms with Gasteiger partial charge in [-0.15, -0.1) is 0 Å². The second-order valence-corrected chi connectivity index (χ2v) is 3.77. The molecule has 0 aliphatic carbocycles. The molecule has 0 bridgehead atoms. The topological polar surface area (TPSA) is 51.2 Å². The molecule has 5 heteroatoms. The summed E-state index contributed by atoms with van der Waals surface area (Å²) < 4.78 is 7.48.